The maximum Gasteiger partial charge on any atom is 0.274 e. The Labute approximate surface area is 253 Å². The number of carbonyl (C=O) groups excluding carboxylic acids is 2. The van der Waals surface area contributed by atoms with Crippen LogP contribution in [0.2, 0.25) is 0 Å². The second-order valence-corrected chi connectivity index (χ2v) is 14.0. The molecule has 2 fully saturated rings. The summed E-state index contributed by atoms with van der Waals surface area (Å²) < 4.78 is 0. The fraction of sp³-hybridized carbons (Fsp3) is 0.562. The molecule has 4 aliphatic rings. The van der Waals surface area contributed by atoms with E-state index in [-0.39, 0.29) is 35.2 Å². The molecule has 9 heteroatoms. The van der Waals surface area contributed by atoms with Crippen LogP contribution in [-0.2, 0) is 4.79 Å². The van der Waals surface area contributed by atoms with E-state index in [9.17, 15) is 9.59 Å². The summed E-state index contributed by atoms with van der Waals surface area (Å²) in [6.07, 6.45) is 10.00. The number of amidine groups is 1. The van der Waals surface area contributed by atoms with E-state index < -0.39 is 5.66 Å². The van der Waals surface area contributed by atoms with Crippen LogP contribution in [0.3, 0.4) is 0 Å². The number of allylic oxidation sites excluding steroid dienone is 3. The Hall–Kier alpha value is -2.64. The van der Waals surface area contributed by atoms with Crippen molar-refractivity contribution in [3.63, 3.8) is 0 Å². The van der Waals surface area contributed by atoms with Gasteiger partial charge in [0.15, 0.2) is 0 Å². The van der Waals surface area contributed by atoms with Crippen LogP contribution >= 0.6 is 23.2 Å². The molecule has 3 aliphatic carbocycles. The lowest BCUT2D eigenvalue weighted by molar-refractivity contribution is -0.134. The van der Waals surface area contributed by atoms with E-state index in [2.05, 4.69) is 36.0 Å². The molecular formula is C32H41Cl2N5O2. The van der Waals surface area contributed by atoms with Gasteiger partial charge in [0.05, 0.1) is 18.0 Å². The summed E-state index contributed by atoms with van der Waals surface area (Å²) in [7, 11) is 1.59. The van der Waals surface area contributed by atoms with Crippen LogP contribution in [0.5, 0.6) is 0 Å². The minimum Gasteiger partial charge on any atom is -0.386 e. The van der Waals surface area contributed by atoms with Crippen molar-refractivity contribution in [1.82, 2.24) is 10.2 Å². The molecule has 0 aromatic heterocycles. The highest BCUT2D eigenvalue weighted by Crippen LogP contribution is 2.54. The molecule has 0 bridgehead atoms. The minimum absolute atomic E-state index is 0.0336. The van der Waals surface area contributed by atoms with Crippen LogP contribution in [0.4, 0.5) is 0 Å². The van der Waals surface area contributed by atoms with E-state index in [0.29, 0.717) is 40.4 Å². The molecule has 1 heterocycles. The van der Waals surface area contributed by atoms with Gasteiger partial charge in [0, 0.05) is 17.6 Å². The summed E-state index contributed by atoms with van der Waals surface area (Å²) in [5.74, 6) is 1.05. The number of aliphatic imine (C=N–C) groups is 2. The molecule has 0 radical (unpaired) electrons. The topological polar surface area (TPSA) is 100 Å². The van der Waals surface area contributed by atoms with E-state index >= 15 is 0 Å². The van der Waals surface area contributed by atoms with E-state index in [4.69, 9.17) is 33.9 Å². The van der Waals surface area contributed by atoms with E-state index in [1.807, 2.05) is 36.4 Å². The number of carbonyl (C=O) groups is 2. The van der Waals surface area contributed by atoms with Crippen molar-refractivity contribution in [2.45, 2.75) is 82.8 Å². The Morgan fingerprint density at radius 3 is 2.41 bits per heavy atom. The molecule has 2 amide bonds. The number of hydrogen-bond donors (Lipinski definition) is 2. The van der Waals surface area contributed by atoms with Crippen LogP contribution in [0.25, 0.3) is 0 Å². The van der Waals surface area contributed by atoms with Gasteiger partial charge in [-0.1, -0.05) is 44.5 Å². The maximum absolute atomic E-state index is 14.4. The molecule has 2 unspecified atom stereocenters. The summed E-state index contributed by atoms with van der Waals surface area (Å²) >= 11 is 12.9. The lowest BCUT2D eigenvalue weighted by Crippen LogP contribution is -2.52. The van der Waals surface area contributed by atoms with E-state index in [1.54, 1.807) is 7.05 Å². The first kappa shape index (κ1) is 29.8. The van der Waals surface area contributed by atoms with Crippen LogP contribution in [-0.4, -0.2) is 52.9 Å². The molecular weight excluding hydrogens is 557 g/mol. The van der Waals surface area contributed by atoms with Gasteiger partial charge in [-0.15, -0.1) is 11.6 Å². The first-order valence-electron chi connectivity index (χ1n) is 14.7. The molecule has 7 nitrogen and oxygen atoms in total. The van der Waals surface area contributed by atoms with Gasteiger partial charge in [-0.2, -0.15) is 0 Å². The van der Waals surface area contributed by atoms with Crippen molar-refractivity contribution in [1.29, 1.82) is 0 Å². The van der Waals surface area contributed by atoms with Crippen molar-refractivity contribution in [2.24, 2.45) is 33.0 Å². The summed E-state index contributed by atoms with van der Waals surface area (Å²) in [6, 6.07) is 7.53. The molecule has 0 saturated heterocycles. The van der Waals surface area contributed by atoms with Crippen LogP contribution in [0, 0.1) is 17.3 Å². The fourth-order valence-corrected chi connectivity index (χ4v) is 7.26. The van der Waals surface area contributed by atoms with Crippen molar-refractivity contribution in [3.8, 4) is 0 Å². The Morgan fingerprint density at radius 1 is 1.20 bits per heavy atom. The Balaban J connectivity index is 1.48. The SMILES string of the molecule is CN=C(N)CNC(=O)c1ccc(C(C2CC2)N2C(=O)C(C3=CC(Cl)=CC(Cl)C3)=NC23CCC(C(C)(C)C)CC3)cc1. The number of nitrogens with one attached hydrogen (secondary N) is 1. The highest BCUT2D eigenvalue weighted by Gasteiger charge is 2.55. The lowest BCUT2D eigenvalue weighted by atomic mass is 9.69. The smallest absolute Gasteiger partial charge is 0.274 e. The Kier molecular flexibility index (Phi) is 8.41. The van der Waals surface area contributed by atoms with Gasteiger partial charge in [-0.05, 0) is 97.6 Å². The maximum atomic E-state index is 14.4. The Bertz CT molecular complexity index is 1310. The second kappa shape index (κ2) is 11.6. The van der Waals surface area contributed by atoms with Gasteiger partial charge in [0.25, 0.3) is 11.8 Å². The van der Waals surface area contributed by atoms with Crippen LogP contribution in [0.15, 0.2) is 57.0 Å². The molecule has 5 rings (SSSR count). The predicted molar refractivity (Wildman–Crippen MR) is 166 cm³/mol. The number of benzene rings is 1. The van der Waals surface area contributed by atoms with Gasteiger partial charge >= 0.3 is 0 Å². The highest BCUT2D eigenvalue weighted by atomic mass is 35.5. The number of hydrogen-bond acceptors (Lipinski definition) is 4. The van der Waals surface area contributed by atoms with Gasteiger partial charge in [0.2, 0.25) is 0 Å². The fourth-order valence-electron chi connectivity index (χ4n) is 6.61. The minimum atomic E-state index is -0.592. The number of nitrogens with zero attached hydrogens (tertiary/aromatic N) is 3. The molecule has 41 heavy (non-hydrogen) atoms. The largest absolute Gasteiger partial charge is 0.386 e. The molecule has 2 saturated carbocycles. The average Bonchev–Trinajstić information content (AvgIpc) is 3.73. The first-order chi connectivity index (χ1) is 19.4. The normalized spacial score (nSPS) is 27.9. The summed E-state index contributed by atoms with van der Waals surface area (Å²) in [6.45, 7) is 7.11. The molecule has 220 valence electrons. The molecule has 1 spiro atoms. The van der Waals surface area contributed by atoms with E-state index in [0.717, 1.165) is 49.7 Å². The molecule has 1 aromatic rings. The standard InChI is InChI=1S/C32H41Cl2N5O2/c1-31(2,3)23-11-13-32(14-12-23)38-27(22-15-24(33)17-25(34)16-22)30(41)39(32)28(19-5-6-19)20-7-9-21(10-8-20)29(40)37-18-26(35)36-4/h7-10,15,17,19,23,25,28H,5-6,11-14,16,18H2,1-4H3,(H2,35,36)(H,37,40). The highest BCUT2D eigenvalue weighted by molar-refractivity contribution is 6.47. The van der Waals surface area contributed by atoms with Gasteiger partial charge in [0.1, 0.15) is 17.2 Å². The van der Waals surface area contributed by atoms with Crippen molar-refractivity contribution < 1.29 is 9.59 Å². The van der Waals surface area contributed by atoms with Gasteiger partial charge in [-0.25, -0.2) is 0 Å². The van der Waals surface area contributed by atoms with Gasteiger partial charge < -0.3 is 16.0 Å². The van der Waals surface area contributed by atoms with E-state index in [1.165, 1.54) is 0 Å². The predicted octanol–water partition coefficient (Wildman–Crippen LogP) is 6.13. The second-order valence-electron chi connectivity index (χ2n) is 13.0. The summed E-state index contributed by atoms with van der Waals surface area (Å²) in [5, 5.41) is 3.08. The zero-order valence-electron chi connectivity index (χ0n) is 24.4. The van der Waals surface area contributed by atoms with Gasteiger partial charge in [-0.3, -0.25) is 19.6 Å². The number of alkyl halides is 1. The number of nitrogens with two attached hydrogens (primary N) is 1. The first-order valence-corrected chi connectivity index (χ1v) is 15.5. The number of rotatable bonds is 7. The third-order valence-electron chi connectivity index (χ3n) is 9.15. The zero-order chi connectivity index (χ0) is 29.5. The summed E-state index contributed by atoms with van der Waals surface area (Å²) in [4.78, 5) is 38.4. The molecule has 3 N–H and O–H groups in total. The Morgan fingerprint density at radius 2 is 1.85 bits per heavy atom. The third kappa shape index (κ3) is 6.26. The monoisotopic (exact) mass is 597 g/mol. The summed E-state index contributed by atoms with van der Waals surface area (Å²) in [5.41, 5.74) is 8.25. The zero-order valence-corrected chi connectivity index (χ0v) is 25.9. The number of amides is 2. The van der Waals surface area contributed by atoms with Crippen molar-refractivity contribution in [2.75, 3.05) is 13.6 Å². The molecule has 1 aromatic carbocycles. The van der Waals surface area contributed by atoms with Crippen LogP contribution < -0.4 is 11.1 Å². The molecule has 1 aliphatic heterocycles. The van der Waals surface area contributed by atoms with Crippen LogP contribution in [0.1, 0.15) is 87.7 Å². The van der Waals surface area contributed by atoms with Crippen molar-refractivity contribution in [3.05, 3.63) is 58.1 Å². The quantitative estimate of drug-likeness (QED) is 0.224. The third-order valence-corrected chi connectivity index (χ3v) is 9.67. The molecule has 2 atom stereocenters. The number of halogens is 2. The van der Waals surface area contributed by atoms with Crippen molar-refractivity contribution >= 4 is 46.6 Å². The average molecular weight is 599 g/mol. The lowest BCUT2D eigenvalue weighted by Gasteiger charge is -2.47.